The van der Waals surface area contributed by atoms with Gasteiger partial charge < -0.3 is 31.9 Å². The topological polar surface area (TPSA) is 173 Å². The van der Waals surface area contributed by atoms with E-state index in [9.17, 15) is 19.8 Å². The molecule has 0 unspecified atom stereocenters. The maximum absolute atomic E-state index is 10.8. The number of nitrogens with two attached hydrogens (primary N) is 2. The molecule has 2 rings (SSSR count). The molecular weight excluding hydrogens is 354 g/mol. The van der Waals surface area contributed by atoms with Crippen molar-refractivity contribution in [2.75, 3.05) is 11.5 Å². The average Bonchev–Trinajstić information content (AvgIpc) is 2.38. The summed E-state index contributed by atoms with van der Waals surface area (Å²) in [6.45, 7) is 0. The normalized spacial score (nSPS) is 8.67. The van der Waals surface area contributed by atoms with Gasteiger partial charge in [-0.05, 0) is 36.4 Å². The molecule has 0 aromatic heterocycles. The summed E-state index contributed by atoms with van der Waals surface area (Å²) in [6.07, 6.45) is 0. The summed E-state index contributed by atoms with van der Waals surface area (Å²) in [5, 5.41) is 38.5. The molecule has 0 radical (unpaired) electrons. The van der Waals surface area contributed by atoms with E-state index in [2.05, 4.69) is 0 Å². The Kier molecular flexibility index (Phi) is 12.4. The summed E-state index contributed by atoms with van der Waals surface area (Å²) in [4.78, 5) is 20.6. The maximum Gasteiger partial charge on any atom is 1.00 e. The monoisotopic (exact) mass is 366 g/mol. The first-order valence-corrected chi connectivity index (χ1v) is 5.82. The van der Waals surface area contributed by atoms with Crippen LogP contribution in [0.2, 0.25) is 0 Å². The third kappa shape index (κ3) is 7.86. The third-order valence-corrected chi connectivity index (χ3v) is 2.47. The van der Waals surface area contributed by atoms with Gasteiger partial charge in [0.15, 0.2) is 0 Å². The van der Waals surface area contributed by atoms with E-state index in [1.807, 2.05) is 0 Å². The van der Waals surface area contributed by atoms with Crippen LogP contribution in [0.4, 0.5) is 11.4 Å². The van der Waals surface area contributed by atoms with E-state index in [4.69, 9.17) is 21.7 Å². The number of benzene rings is 2. The van der Waals surface area contributed by atoms with Crippen LogP contribution in [0, 0.1) is 0 Å². The Morgan fingerprint density at radius 1 is 0.792 bits per heavy atom. The van der Waals surface area contributed by atoms with Crippen LogP contribution in [0.5, 0.6) is 11.5 Å². The van der Waals surface area contributed by atoms with Crippen molar-refractivity contribution >= 4 is 23.3 Å². The second kappa shape index (κ2) is 11.7. The van der Waals surface area contributed by atoms with Crippen LogP contribution in [-0.4, -0.2) is 22.2 Å². The molecule has 6 N–H and O–H groups in total. The minimum atomic E-state index is -1.23. The summed E-state index contributed by atoms with van der Waals surface area (Å²) in [7, 11) is 0. The number of nitrogen functional groups attached to an aromatic ring is 2. The smallest absolute Gasteiger partial charge is 0.872 e. The number of anilines is 2. The van der Waals surface area contributed by atoms with Crippen LogP contribution in [0.1, 0.15) is 20.7 Å². The second-order valence-electron chi connectivity index (χ2n) is 4.12. The molecule has 8 nitrogen and oxygen atoms in total. The van der Waals surface area contributed by atoms with Gasteiger partial charge in [0.2, 0.25) is 0 Å². The third-order valence-electron chi connectivity index (χ3n) is 2.47. The van der Waals surface area contributed by atoms with E-state index < -0.39 is 23.4 Å². The molecule has 0 aliphatic heterocycles. The molecule has 116 valence electrons. The Bertz CT molecular complexity index is 665. The number of hydrogen-bond donors (Lipinski definition) is 4. The van der Waals surface area contributed by atoms with Gasteiger partial charge in [-0.1, -0.05) is 11.5 Å². The van der Waals surface area contributed by atoms with Gasteiger partial charge in [-0.15, -0.1) is 0 Å². The average molecular weight is 366 g/mol. The molecule has 0 saturated heterocycles. The van der Waals surface area contributed by atoms with Crippen molar-refractivity contribution in [2.24, 2.45) is 0 Å². The van der Waals surface area contributed by atoms with Crippen molar-refractivity contribution in [2.45, 2.75) is 0 Å². The Morgan fingerprint density at radius 2 is 1.08 bits per heavy atom. The molecule has 0 fully saturated rings. The zero-order valence-electron chi connectivity index (χ0n) is 13.1. The number of aromatic carboxylic acids is 2. The second-order valence-corrected chi connectivity index (χ2v) is 4.12. The molecule has 10 heteroatoms. The number of carboxylic acid groups (broad SMARTS) is 2. The van der Waals surface area contributed by atoms with Crippen LogP contribution in [0.15, 0.2) is 36.4 Å². The number of rotatable bonds is 2. The Labute approximate surface area is 202 Å². The summed E-state index contributed by atoms with van der Waals surface area (Å²) >= 11 is 0. The van der Waals surface area contributed by atoms with Gasteiger partial charge >= 0.3 is 92.9 Å². The standard InChI is InChI=1S/2C7H7NO3.K.Na/c2*8-4-1-2-5(7(10)11)6(9)3-4;;/h2*1-3,9H,8H2,(H,10,11);;/q;;2*+1/p-2. The van der Waals surface area contributed by atoms with Crippen LogP contribution < -0.4 is 103 Å². The minimum absolute atomic E-state index is 0. The van der Waals surface area contributed by atoms with E-state index in [1.54, 1.807) is 0 Å². The van der Waals surface area contributed by atoms with Gasteiger partial charge in [-0.2, -0.15) is 0 Å². The van der Waals surface area contributed by atoms with E-state index in [1.165, 1.54) is 24.3 Å². The van der Waals surface area contributed by atoms with Crippen LogP contribution >= 0.6 is 0 Å². The Morgan fingerprint density at radius 3 is 1.29 bits per heavy atom. The summed E-state index contributed by atoms with van der Waals surface area (Å²) in [5.41, 5.74) is 10.5. The SMILES string of the molecule is Nc1ccc(C(=O)O)c([O-])c1.Nc1ccc(C(=O)O)c([O-])c1.[K+].[Na+]. The summed E-state index contributed by atoms with van der Waals surface area (Å²) in [6, 6.07) is 7.32. The van der Waals surface area contributed by atoms with E-state index in [0.29, 0.717) is 0 Å². The Hall–Kier alpha value is -0.784. The van der Waals surface area contributed by atoms with Crippen LogP contribution in [0.3, 0.4) is 0 Å². The predicted molar refractivity (Wildman–Crippen MR) is 74.5 cm³/mol. The van der Waals surface area contributed by atoms with E-state index in [-0.39, 0.29) is 103 Å². The van der Waals surface area contributed by atoms with Gasteiger partial charge in [0, 0.05) is 11.4 Å². The summed E-state index contributed by atoms with van der Waals surface area (Å²) in [5.74, 6) is -3.57. The van der Waals surface area contributed by atoms with E-state index in [0.717, 1.165) is 12.1 Å². The molecule has 0 aliphatic rings. The summed E-state index contributed by atoms with van der Waals surface area (Å²) < 4.78 is 0. The fraction of sp³-hybridized carbons (Fsp3) is 0. The van der Waals surface area contributed by atoms with Crippen molar-refractivity contribution < 1.29 is 111 Å². The molecule has 2 aromatic rings. The van der Waals surface area contributed by atoms with Crippen LogP contribution in [0.25, 0.3) is 0 Å². The van der Waals surface area contributed by atoms with Crippen molar-refractivity contribution in [3.63, 3.8) is 0 Å². The molecule has 0 aliphatic carbocycles. The molecule has 0 spiro atoms. The maximum atomic E-state index is 10.8. The van der Waals surface area contributed by atoms with Gasteiger partial charge in [0.25, 0.3) is 0 Å². The number of hydrogen-bond acceptors (Lipinski definition) is 6. The number of carbonyl (C=O) groups is 2. The predicted octanol–water partition coefficient (Wildman–Crippen LogP) is -5.91. The fourth-order valence-corrected chi connectivity index (χ4v) is 1.43. The first-order valence-electron chi connectivity index (χ1n) is 5.82. The van der Waals surface area contributed by atoms with Gasteiger partial charge in [0.05, 0.1) is 11.1 Å². The fourth-order valence-electron chi connectivity index (χ4n) is 1.43. The molecule has 2 aromatic carbocycles. The molecule has 0 heterocycles. The molecule has 0 amide bonds. The van der Waals surface area contributed by atoms with Gasteiger partial charge in [-0.25, -0.2) is 9.59 Å². The van der Waals surface area contributed by atoms with Crippen molar-refractivity contribution in [1.82, 2.24) is 0 Å². The molecule has 0 bridgehead atoms. The first-order chi connectivity index (χ1) is 10.2. The number of carboxylic acids is 2. The molecule has 0 saturated carbocycles. The van der Waals surface area contributed by atoms with E-state index >= 15 is 0 Å². The van der Waals surface area contributed by atoms with Crippen molar-refractivity contribution in [3.8, 4) is 11.5 Å². The van der Waals surface area contributed by atoms with Crippen molar-refractivity contribution in [3.05, 3.63) is 47.5 Å². The molecule has 24 heavy (non-hydrogen) atoms. The van der Waals surface area contributed by atoms with Crippen molar-refractivity contribution in [1.29, 1.82) is 0 Å². The zero-order chi connectivity index (χ0) is 16.9. The first kappa shape index (κ1) is 25.5. The minimum Gasteiger partial charge on any atom is -0.872 e. The molecular formula is C14H12KN2NaO6. The van der Waals surface area contributed by atoms with Crippen LogP contribution in [-0.2, 0) is 0 Å². The molecule has 0 atom stereocenters. The quantitative estimate of drug-likeness (QED) is 0.300. The van der Waals surface area contributed by atoms with Gasteiger partial charge in [-0.3, -0.25) is 0 Å². The Balaban J connectivity index is 0. The zero-order valence-corrected chi connectivity index (χ0v) is 18.3. The van der Waals surface area contributed by atoms with Gasteiger partial charge in [0.1, 0.15) is 0 Å². The largest absolute Gasteiger partial charge is 1.00 e.